The van der Waals surface area contributed by atoms with E-state index in [9.17, 15) is 9.18 Å². The highest BCUT2D eigenvalue weighted by molar-refractivity contribution is 7.45. The number of benzene rings is 3. The molecule has 0 saturated carbocycles. The van der Waals surface area contributed by atoms with Gasteiger partial charge < -0.3 is 4.74 Å². The van der Waals surface area contributed by atoms with Gasteiger partial charge in [-0.25, -0.2) is 9.18 Å². The van der Waals surface area contributed by atoms with Crippen LogP contribution in [0.2, 0.25) is 0 Å². The molecule has 0 aliphatic carbocycles. The first-order chi connectivity index (χ1) is 13.8. The topological polar surface area (TPSA) is 26.3 Å². The molecule has 0 radical (unpaired) electrons. The summed E-state index contributed by atoms with van der Waals surface area (Å²) in [6, 6.07) is 24.3. The van der Waals surface area contributed by atoms with Gasteiger partial charge in [-0.1, -0.05) is 30.3 Å². The minimum Gasteiger partial charge on any atom is -0.451 e. The second-order valence-electron chi connectivity index (χ2n) is 7.53. The van der Waals surface area contributed by atoms with Crippen molar-refractivity contribution < 1.29 is 13.9 Å². The van der Waals surface area contributed by atoms with Crippen molar-refractivity contribution in [3.63, 3.8) is 0 Å². The number of ether oxygens (including phenoxy) is 1. The summed E-state index contributed by atoms with van der Waals surface area (Å²) in [6.07, 6.45) is 0. The molecule has 4 rings (SSSR count). The first kappa shape index (κ1) is 19.3. The molecule has 146 valence electrons. The number of carbonyl (C=O) groups is 1. The minimum atomic E-state index is -0.862. The number of hydrogen-bond acceptors (Lipinski definition) is 2. The van der Waals surface area contributed by atoms with E-state index in [4.69, 9.17) is 4.74 Å². The van der Waals surface area contributed by atoms with Crippen LogP contribution < -0.4 is 0 Å². The second-order valence-corrected chi connectivity index (χ2v) is 9.70. The van der Waals surface area contributed by atoms with Crippen LogP contribution in [0.5, 0.6) is 0 Å². The second kappa shape index (κ2) is 7.45. The predicted octanol–water partition coefficient (Wildman–Crippen LogP) is 7.12. The summed E-state index contributed by atoms with van der Waals surface area (Å²) in [5.74, 6) is -0.705. The maximum Gasteiger partial charge on any atom is 0.339 e. The molecule has 0 aliphatic rings. The molecule has 0 aliphatic heterocycles. The maximum absolute atomic E-state index is 13.2. The van der Waals surface area contributed by atoms with Crippen molar-refractivity contribution in [1.82, 2.24) is 0 Å². The van der Waals surface area contributed by atoms with Crippen molar-refractivity contribution >= 4 is 26.5 Å². The third-order valence-corrected chi connectivity index (χ3v) is 7.31. The smallest absolute Gasteiger partial charge is 0.339 e. The Hall–Kier alpha value is -2.98. The summed E-state index contributed by atoms with van der Waals surface area (Å²) in [5.41, 5.74) is 0.398. The van der Waals surface area contributed by atoms with E-state index in [1.54, 1.807) is 18.2 Å². The standard InChI is InChI=1S/C25H22FO2S/c1-17-15-18-7-4-5-10-23(18)29(17)22-9-6-8-19(16-22)24(27)28-25(2,3)20-11-13-21(26)14-12-20/h4-16H,1-3H3/q+1. The van der Waals surface area contributed by atoms with E-state index in [2.05, 4.69) is 37.3 Å². The third-order valence-electron chi connectivity index (χ3n) is 5.01. The zero-order valence-electron chi connectivity index (χ0n) is 16.6. The Labute approximate surface area is 172 Å². The molecule has 0 spiro atoms. The van der Waals surface area contributed by atoms with E-state index in [0.29, 0.717) is 5.56 Å². The zero-order valence-corrected chi connectivity index (χ0v) is 17.4. The summed E-state index contributed by atoms with van der Waals surface area (Å²) in [7, 11) is -0.187. The van der Waals surface area contributed by atoms with Gasteiger partial charge in [-0.15, -0.1) is 0 Å². The van der Waals surface area contributed by atoms with E-state index < -0.39 is 5.60 Å². The molecule has 1 aromatic heterocycles. The maximum atomic E-state index is 13.2. The molecule has 29 heavy (non-hydrogen) atoms. The van der Waals surface area contributed by atoms with Crippen LogP contribution >= 0.6 is 10.5 Å². The molecule has 4 heteroatoms. The van der Waals surface area contributed by atoms with Crippen LogP contribution in [0.1, 0.15) is 34.6 Å². The van der Waals surface area contributed by atoms with Gasteiger partial charge in [0.1, 0.15) is 11.4 Å². The number of aryl methyl sites for hydroxylation is 1. The van der Waals surface area contributed by atoms with Crippen molar-refractivity contribution in [2.45, 2.75) is 26.4 Å². The Morgan fingerprint density at radius 2 is 1.66 bits per heavy atom. The number of halogens is 1. The lowest BCUT2D eigenvalue weighted by atomic mass is 9.98. The summed E-state index contributed by atoms with van der Waals surface area (Å²) >= 11 is 0. The van der Waals surface area contributed by atoms with Crippen LogP contribution in [-0.4, -0.2) is 5.97 Å². The van der Waals surface area contributed by atoms with Crippen molar-refractivity contribution in [1.29, 1.82) is 0 Å². The average molecular weight is 406 g/mol. The van der Waals surface area contributed by atoms with E-state index >= 15 is 0 Å². The van der Waals surface area contributed by atoms with E-state index in [1.165, 1.54) is 27.1 Å². The Kier molecular flexibility index (Phi) is 4.97. The number of hydrogen-bond donors (Lipinski definition) is 0. The Morgan fingerprint density at radius 3 is 2.41 bits per heavy atom. The van der Waals surface area contributed by atoms with Gasteiger partial charge >= 0.3 is 5.97 Å². The van der Waals surface area contributed by atoms with Gasteiger partial charge in [-0.2, -0.15) is 0 Å². The summed E-state index contributed by atoms with van der Waals surface area (Å²) in [6.45, 7) is 5.75. The number of carbonyl (C=O) groups excluding carboxylic acids is 1. The molecular formula is C25H22FO2S+. The third kappa shape index (κ3) is 3.81. The van der Waals surface area contributed by atoms with Gasteiger partial charge in [0.15, 0.2) is 14.5 Å². The molecule has 1 heterocycles. The highest BCUT2D eigenvalue weighted by Gasteiger charge is 2.27. The minimum absolute atomic E-state index is 0.187. The summed E-state index contributed by atoms with van der Waals surface area (Å²) in [5, 5.41) is 1.23. The molecule has 4 aromatic rings. The van der Waals surface area contributed by atoms with Crippen LogP contribution in [0, 0.1) is 12.7 Å². The van der Waals surface area contributed by atoms with Gasteiger partial charge in [0.05, 0.1) is 5.56 Å². The van der Waals surface area contributed by atoms with Gasteiger partial charge in [0.25, 0.3) is 0 Å². The Bertz CT molecular complexity index is 1190. The molecule has 3 aromatic carbocycles. The van der Waals surface area contributed by atoms with Crippen LogP contribution in [-0.2, 0) is 10.3 Å². The molecule has 0 bridgehead atoms. The fourth-order valence-electron chi connectivity index (χ4n) is 3.50. The first-order valence-electron chi connectivity index (χ1n) is 9.46. The van der Waals surface area contributed by atoms with Gasteiger partial charge in [-0.05, 0) is 55.8 Å². The fourth-order valence-corrected chi connectivity index (χ4v) is 5.75. The van der Waals surface area contributed by atoms with Crippen LogP contribution in [0.4, 0.5) is 4.39 Å². The average Bonchev–Trinajstić information content (AvgIpc) is 3.03. The predicted molar refractivity (Wildman–Crippen MR) is 117 cm³/mol. The van der Waals surface area contributed by atoms with Gasteiger partial charge in [0, 0.05) is 34.9 Å². The van der Waals surface area contributed by atoms with Gasteiger partial charge in [-0.3, -0.25) is 0 Å². The Balaban J connectivity index is 1.65. The number of thiophene rings is 1. The van der Waals surface area contributed by atoms with Crippen molar-refractivity contribution in [2.75, 3.05) is 0 Å². The normalized spacial score (nSPS) is 12.2. The molecule has 0 fully saturated rings. The largest absolute Gasteiger partial charge is 0.451 e. The van der Waals surface area contributed by atoms with Crippen LogP contribution in [0.15, 0.2) is 78.9 Å². The number of esters is 1. The number of rotatable bonds is 4. The molecule has 1 unspecified atom stereocenters. The molecule has 0 amide bonds. The van der Waals surface area contributed by atoms with E-state index in [-0.39, 0.29) is 22.3 Å². The molecule has 0 saturated heterocycles. The summed E-state index contributed by atoms with van der Waals surface area (Å²) < 4.78 is 20.3. The highest BCUT2D eigenvalue weighted by Crippen LogP contribution is 2.43. The SMILES string of the molecule is Cc1cc2ccccc2[s+]1-c1cccc(C(=O)OC(C)(C)c2ccc(F)cc2)c1. The molecular weight excluding hydrogens is 383 g/mol. The first-order valence-corrected chi connectivity index (χ1v) is 10.7. The molecule has 2 nitrogen and oxygen atoms in total. The van der Waals surface area contributed by atoms with E-state index in [0.717, 1.165) is 10.5 Å². The monoisotopic (exact) mass is 405 g/mol. The quantitative estimate of drug-likeness (QED) is 0.267. The Morgan fingerprint density at radius 1 is 0.931 bits per heavy atom. The number of fused-ring (bicyclic) bond motifs is 1. The van der Waals surface area contributed by atoms with Crippen LogP contribution in [0.25, 0.3) is 15.0 Å². The highest BCUT2D eigenvalue weighted by atomic mass is 32.2. The van der Waals surface area contributed by atoms with Gasteiger partial charge in [0.2, 0.25) is 0 Å². The summed E-state index contributed by atoms with van der Waals surface area (Å²) in [4.78, 5) is 15.3. The zero-order chi connectivity index (χ0) is 20.6. The lowest BCUT2D eigenvalue weighted by Crippen LogP contribution is -2.25. The van der Waals surface area contributed by atoms with Crippen molar-refractivity contribution in [3.8, 4) is 4.90 Å². The molecule has 1 atom stereocenters. The van der Waals surface area contributed by atoms with Crippen molar-refractivity contribution in [3.05, 3.63) is 101 Å². The lowest BCUT2D eigenvalue weighted by Gasteiger charge is -2.25. The van der Waals surface area contributed by atoms with Crippen molar-refractivity contribution in [2.24, 2.45) is 0 Å². The van der Waals surface area contributed by atoms with E-state index in [1.807, 2.05) is 32.0 Å². The van der Waals surface area contributed by atoms with Crippen LogP contribution in [0.3, 0.4) is 0 Å². The molecule has 0 N–H and O–H groups in total. The lowest BCUT2D eigenvalue weighted by molar-refractivity contribution is -0.00313. The fraction of sp³-hybridized carbons (Fsp3) is 0.160.